The summed E-state index contributed by atoms with van der Waals surface area (Å²) in [6.45, 7) is 4.91. The molecule has 5 heteroatoms. The molecule has 96 valence electrons. The van der Waals surface area contributed by atoms with Crippen molar-refractivity contribution in [1.82, 2.24) is 10.2 Å². The van der Waals surface area contributed by atoms with Crippen LogP contribution in [0.15, 0.2) is 0 Å². The fraction of sp³-hybridized carbons (Fsp3) is 0.833. The number of piperazine rings is 1. The number of rotatable bonds is 3. The lowest BCUT2D eigenvalue weighted by molar-refractivity contribution is -0.145. The van der Waals surface area contributed by atoms with Crippen LogP contribution in [0.5, 0.6) is 0 Å². The summed E-state index contributed by atoms with van der Waals surface area (Å²) < 4.78 is 0. The van der Waals surface area contributed by atoms with Gasteiger partial charge in [-0.25, -0.2) is 0 Å². The molecule has 2 atom stereocenters. The summed E-state index contributed by atoms with van der Waals surface area (Å²) in [5.74, 6) is 1.41. The van der Waals surface area contributed by atoms with E-state index in [1.54, 1.807) is 4.90 Å². The van der Waals surface area contributed by atoms with Crippen molar-refractivity contribution in [1.29, 1.82) is 0 Å². The predicted octanol–water partition coefficient (Wildman–Crippen LogP) is 0.865. The lowest BCUT2D eigenvalue weighted by Crippen LogP contribution is -2.60. The average Bonchev–Trinajstić information content (AvgIpc) is 2.75. The Balaban J connectivity index is 1.99. The van der Waals surface area contributed by atoms with Gasteiger partial charge in [-0.1, -0.05) is 13.8 Å². The number of amides is 2. The van der Waals surface area contributed by atoms with Gasteiger partial charge in [-0.05, 0) is 24.5 Å². The van der Waals surface area contributed by atoms with Crippen molar-refractivity contribution in [2.24, 2.45) is 5.92 Å². The van der Waals surface area contributed by atoms with Crippen LogP contribution >= 0.6 is 11.8 Å². The Morgan fingerprint density at radius 2 is 2.24 bits per heavy atom. The van der Waals surface area contributed by atoms with E-state index in [9.17, 15) is 9.59 Å². The maximum atomic E-state index is 12.2. The fourth-order valence-corrected chi connectivity index (χ4v) is 3.65. The summed E-state index contributed by atoms with van der Waals surface area (Å²) >= 11 is 1.92. The van der Waals surface area contributed by atoms with E-state index in [1.807, 2.05) is 25.6 Å². The Hall–Kier alpha value is -0.710. The molecule has 2 amide bonds. The SMILES string of the molecule is CC(C)C1NC(=O)CN(CC2CCCS2)C1=O. The second-order valence-corrected chi connectivity index (χ2v) is 6.55. The zero-order valence-electron chi connectivity index (χ0n) is 10.4. The highest BCUT2D eigenvalue weighted by molar-refractivity contribution is 8.00. The Bertz CT molecular complexity index is 314. The van der Waals surface area contributed by atoms with Gasteiger partial charge in [0, 0.05) is 11.8 Å². The van der Waals surface area contributed by atoms with Gasteiger partial charge in [-0.15, -0.1) is 0 Å². The summed E-state index contributed by atoms with van der Waals surface area (Å²) in [6, 6.07) is -0.331. The minimum atomic E-state index is -0.331. The van der Waals surface area contributed by atoms with E-state index >= 15 is 0 Å². The number of thioether (sulfide) groups is 1. The monoisotopic (exact) mass is 256 g/mol. The molecular weight excluding hydrogens is 236 g/mol. The third-order valence-electron chi connectivity index (χ3n) is 3.34. The minimum Gasteiger partial charge on any atom is -0.343 e. The highest BCUT2D eigenvalue weighted by Crippen LogP contribution is 2.27. The molecule has 0 aromatic heterocycles. The van der Waals surface area contributed by atoms with Crippen LogP contribution < -0.4 is 5.32 Å². The second-order valence-electron chi connectivity index (χ2n) is 5.14. The molecule has 2 saturated heterocycles. The smallest absolute Gasteiger partial charge is 0.245 e. The Morgan fingerprint density at radius 3 is 2.82 bits per heavy atom. The number of carbonyl (C=O) groups excluding carboxylic acids is 2. The molecule has 0 aromatic rings. The molecule has 1 N–H and O–H groups in total. The highest BCUT2D eigenvalue weighted by Gasteiger charge is 2.35. The first-order valence-corrected chi connectivity index (χ1v) is 7.32. The summed E-state index contributed by atoms with van der Waals surface area (Å²) in [4.78, 5) is 25.5. The van der Waals surface area contributed by atoms with Crippen LogP contribution in [-0.4, -0.2) is 46.8 Å². The molecule has 2 unspecified atom stereocenters. The van der Waals surface area contributed by atoms with Crippen molar-refractivity contribution in [3.63, 3.8) is 0 Å². The quantitative estimate of drug-likeness (QED) is 0.815. The molecule has 0 radical (unpaired) electrons. The van der Waals surface area contributed by atoms with Crippen LogP contribution in [0, 0.1) is 5.92 Å². The molecule has 0 bridgehead atoms. The van der Waals surface area contributed by atoms with Crippen LogP contribution in [0.2, 0.25) is 0 Å². The molecule has 2 rings (SSSR count). The van der Waals surface area contributed by atoms with E-state index in [0.29, 0.717) is 5.25 Å². The maximum Gasteiger partial charge on any atom is 0.245 e. The van der Waals surface area contributed by atoms with E-state index in [0.717, 1.165) is 6.54 Å². The average molecular weight is 256 g/mol. The van der Waals surface area contributed by atoms with Crippen molar-refractivity contribution in [2.75, 3.05) is 18.8 Å². The van der Waals surface area contributed by atoms with E-state index < -0.39 is 0 Å². The molecular formula is C12H20N2O2S. The van der Waals surface area contributed by atoms with Gasteiger partial charge < -0.3 is 10.2 Å². The van der Waals surface area contributed by atoms with E-state index in [-0.39, 0.29) is 30.3 Å². The molecule has 0 aliphatic carbocycles. The Morgan fingerprint density at radius 1 is 1.47 bits per heavy atom. The molecule has 4 nitrogen and oxygen atoms in total. The van der Waals surface area contributed by atoms with Gasteiger partial charge >= 0.3 is 0 Å². The predicted molar refractivity (Wildman–Crippen MR) is 68.8 cm³/mol. The van der Waals surface area contributed by atoms with Crippen LogP contribution in [0.1, 0.15) is 26.7 Å². The number of nitrogens with zero attached hydrogens (tertiary/aromatic N) is 1. The Labute approximate surface area is 106 Å². The first kappa shape index (κ1) is 12.7. The molecule has 0 spiro atoms. The van der Waals surface area contributed by atoms with Crippen molar-refractivity contribution in [3.05, 3.63) is 0 Å². The van der Waals surface area contributed by atoms with Crippen molar-refractivity contribution in [2.45, 2.75) is 38.0 Å². The number of carbonyl (C=O) groups is 2. The molecule has 2 heterocycles. The third kappa shape index (κ3) is 2.94. The lowest BCUT2D eigenvalue weighted by atomic mass is 10.0. The van der Waals surface area contributed by atoms with Crippen LogP contribution in [0.3, 0.4) is 0 Å². The number of hydrogen-bond acceptors (Lipinski definition) is 3. The van der Waals surface area contributed by atoms with Crippen LogP contribution in [-0.2, 0) is 9.59 Å². The minimum absolute atomic E-state index is 0.0219. The van der Waals surface area contributed by atoms with E-state index in [1.165, 1.54) is 18.6 Å². The second kappa shape index (κ2) is 5.29. The normalized spacial score (nSPS) is 29.9. The van der Waals surface area contributed by atoms with Gasteiger partial charge in [-0.2, -0.15) is 11.8 Å². The van der Waals surface area contributed by atoms with Gasteiger partial charge in [0.15, 0.2) is 0 Å². The number of nitrogens with one attached hydrogen (secondary N) is 1. The van der Waals surface area contributed by atoms with Crippen molar-refractivity contribution in [3.8, 4) is 0 Å². The molecule has 0 aromatic carbocycles. The van der Waals surface area contributed by atoms with Gasteiger partial charge in [0.1, 0.15) is 6.04 Å². The molecule has 17 heavy (non-hydrogen) atoms. The van der Waals surface area contributed by atoms with Crippen molar-refractivity contribution < 1.29 is 9.59 Å². The molecule has 2 aliphatic heterocycles. The standard InChI is InChI=1S/C12H20N2O2S/c1-8(2)11-12(16)14(7-10(15)13-11)6-9-4-3-5-17-9/h8-9,11H,3-7H2,1-2H3,(H,13,15). The maximum absolute atomic E-state index is 12.2. The van der Waals surface area contributed by atoms with Gasteiger partial charge in [0.25, 0.3) is 0 Å². The zero-order valence-corrected chi connectivity index (χ0v) is 11.3. The first-order chi connectivity index (χ1) is 8.08. The largest absolute Gasteiger partial charge is 0.343 e. The lowest BCUT2D eigenvalue weighted by Gasteiger charge is -2.35. The highest BCUT2D eigenvalue weighted by atomic mass is 32.2. The summed E-state index contributed by atoms with van der Waals surface area (Å²) in [5, 5.41) is 3.31. The van der Waals surface area contributed by atoms with Crippen LogP contribution in [0.25, 0.3) is 0 Å². The van der Waals surface area contributed by atoms with Gasteiger partial charge in [-0.3, -0.25) is 9.59 Å². The van der Waals surface area contributed by atoms with Gasteiger partial charge in [0.2, 0.25) is 11.8 Å². The zero-order chi connectivity index (χ0) is 12.4. The third-order valence-corrected chi connectivity index (χ3v) is 4.72. The van der Waals surface area contributed by atoms with Crippen molar-refractivity contribution >= 4 is 23.6 Å². The summed E-state index contributed by atoms with van der Waals surface area (Å²) in [5.41, 5.74) is 0. The molecule has 2 fully saturated rings. The van der Waals surface area contributed by atoms with E-state index in [2.05, 4.69) is 5.32 Å². The van der Waals surface area contributed by atoms with Crippen LogP contribution in [0.4, 0.5) is 0 Å². The van der Waals surface area contributed by atoms with E-state index in [4.69, 9.17) is 0 Å². The topological polar surface area (TPSA) is 49.4 Å². The molecule has 0 saturated carbocycles. The summed E-state index contributed by atoms with van der Waals surface area (Å²) in [7, 11) is 0. The molecule has 2 aliphatic rings. The Kier molecular flexibility index (Phi) is 3.97. The first-order valence-electron chi connectivity index (χ1n) is 6.27. The number of hydrogen-bond donors (Lipinski definition) is 1. The fourth-order valence-electron chi connectivity index (χ4n) is 2.37. The van der Waals surface area contributed by atoms with Gasteiger partial charge in [0.05, 0.1) is 6.54 Å². The summed E-state index contributed by atoms with van der Waals surface area (Å²) in [6.07, 6.45) is 2.40.